The molecule has 1 atom stereocenters. The minimum absolute atomic E-state index is 0. The van der Waals surface area contributed by atoms with Crippen LogP contribution in [0.4, 0.5) is 0 Å². The summed E-state index contributed by atoms with van der Waals surface area (Å²) in [5.41, 5.74) is 0. The van der Waals surface area contributed by atoms with Crippen molar-refractivity contribution in [3.63, 3.8) is 0 Å². The van der Waals surface area contributed by atoms with Gasteiger partial charge >= 0.3 is 29.6 Å². The second kappa shape index (κ2) is 39.0. The van der Waals surface area contributed by atoms with E-state index < -0.39 is 23.0 Å². The van der Waals surface area contributed by atoms with E-state index >= 15 is 0 Å². The zero-order valence-corrected chi connectivity index (χ0v) is 35.3. The van der Waals surface area contributed by atoms with E-state index in [0.29, 0.717) is 12.8 Å². The largest absolute Gasteiger partial charge is 1.00 e. The van der Waals surface area contributed by atoms with Crippen LogP contribution in [0.3, 0.4) is 0 Å². The first kappa shape index (κ1) is 50.9. The third kappa shape index (κ3) is 42.1. The monoisotopic (exact) mass is 725 g/mol. The molecule has 2 amide bonds. The van der Waals surface area contributed by atoms with Gasteiger partial charge in [0.15, 0.2) is 0 Å². The summed E-state index contributed by atoms with van der Waals surface area (Å²) in [6, 6.07) is -0.775. The molecule has 0 heterocycles. The van der Waals surface area contributed by atoms with E-state index in [1.54, 1.807) is 0 Å². The van der Waals surface area contributed by atoms with Crippen LogP contribution >= 0.6 is 0 Å². The predicted molar refractivity (Wildman–Crippen MR) is 200 cm³/mol. The molecular formula is C39H77N2NaO6S. The molecule has 0 spiro atoms. The smallest absolute Gasteiger partial charge is 0.726 e. The summed E-state index contributed by atoms with van der Waals surface area (Å²) in [6.07, 6.45) is 38.4. The molecule has 0 aromatic heterocycles. The fraction of sp³-hybridized carbons (Fsp3) is 0.949. The van der Waals surface area contributed by atoms with Gasteiger partial charge in [0.25, 0.3) is 0 Å². The van der Waals surface area contributed by atoms with Gasteiger partial charge < -0.3 is 15.2 Å². The van der Waals surface area contributed by atoms with E-state index in [1.165, 1.54) is 154 Å². The Labute approximate surface area is 325 Å². The number of hydrogen-bond donors (Lipinski definition) is 2. The number of nitrogens with one attached hydrogen (secondary N) is 2. The van der Waals surface area contributed by atoms with Crippen LogP contribution in [0.1, 0.15) is 219 Å². The van der Waals surface area contributed by atoms with Gasteiger partial charge in [-0.15, -0.1) is 0 Å². The Balaban J connectivity index is 0. The Morgan fingerprint density at radius 3 is 1.10 bits per heavy atom. The Morgan fingerprint density at radius 1 is 0.510 bits per heavy atom. The Morgan fingerprint density at radius 2 is 0.796 bits per heavy atom. The van der Waals surface area contributed by atoms with E-state index in [9.17, 15) is 22.6 Å². The summed E-state index contributed by atoms with van der Waals surface area (Å²) < 4.78 is 37.3. The number of hydrogen-bond acceptors (Lipinski definition) is 6. The van der Waals surface area contributed by atoms with Crippen LogP contribution in [0, 0.1) is 0 Å². The van der Waals surface area contributed by atoms with Gasteiger partial charge in [-0.05, 0) is 12.8 Å². The number of amides is 2. The summed E-state index contributed by atoms with van der Waals surface area (Å²) in [5, 5.41) is 5.50. The maximum Gasteiger partial charge on any atom is 1.00 e. The van der Waals surface area contributed by atoms with Gasteiger partial charge in [0.1, 0.15) is 0 Å². The molecule has 10 heteroatoms. The van der Waals surface area contributed by atoms with Crippen LogP contribution in [0.2, 0.25) is 0 Å². The molecule has 286 valence electrons. The zero-order valence-electron chi connectivity index (χ0n) is 32.5. The third-order valence-electron chi connectivity index (χ3n) is 9.34. The van der Waals surface area contributed by atoms with E-state index in [4.69, 9.17) is 0 Å². The second-order valence-electron chi connectivity index (χ2n) is 14.2. The molecule has 2 N–H and O–H groups in total. The molecule has 49 heavy (non-hydrogen) atoms. The number of rotatable bonds is 38. The molecule has 0 aromatic rings. The van der Waals surface area contributed by atoms with Crippen LogP contribution < -0.4 is 40.2 Å². The topological polar surface area (TPSA) is 125 Å². The SMILES string of the molecule is CCCCCCCCCCCCCCCCCC(=O)NC[C@H](COS(=O)(=O)[O-])NC(=O)CCCCCCCCCCCCCCCCC.[Na+]. The minimum atomic E-state index is -4.89. The molecule has 0 aliphatic rings. The normalized spacial score (nSPS) is 12.1. The van der Waals surface area contributed by atoms with Gasteiger partial charge in [-0.1, -0.05) is 194 Å². The average Bonchev–Trinajstić information content (AvgIpc) is 3.05. The van der Waals surface area contributed by atoms with Gasteiger partial charge in [-0.2, -0.15) is 0 Å². The number of carbonyl (C=O) groups is 2. The zero-order chi connectivity index (χ0) is 35.4. The van der Waals surface area contributed by atoms with Gasteiger partial charge in [0.05, 0.1) is 12.6 Å². The van der Waals surface area contributed by atoms with Gasteiger partial charge in [0, 0.05) is 19.4 Å². The van der Waals surface area contributed by atoms with Crippen molar-refractivity contribution in [1.29, 1.82) is 0 Å². The molecule has 0 fully saturated rings. The van der Waals surface area contributed by atoms with Crippen molar-refractivity contribution in [2.75, 3.05) is 13.2 Å². The van der Waals surface area contributed by atoms with Crippen LogP contribution in [-0.2, 0) is 24.2 Å². The number of unbranched alkanes of at least 4 members (excludes halogenated alkanes) is 28. The van der Waals surface area contributed by atoms with E-state index in [0.717, 1.165) is 38.5 Å². The van der Waals surface area contributed by atoms with E-state index in [-0.39, 0.29) is 47.9 Å². The molecule has 0 saturated carbocycles. The molecule has 0 aromatic carbocycles. The quantitative estimate of drug-likeness (QED) is 0.0293. The number of carbonyl (C=O) groups excluding carboxylic acids is 2. The second-order valence-corrected chi connectivity index (χ2v) is 15.2. The summed E-state index contributed by atoms with van der Waals surface area (Å²) in [7, 11) is -4.89. The molecule has 0 bridgehead atoms. The first-order chi connectivity index (χ1) is 23.3. The van der Waals surface area contributed by atoms with Crippen molar-refractivity contribution in [2.45, 2.75) is 225 Å². The molecule has 0 aliphatic carbocycles. The van der Waals surface area contributed by atoms with E-state index in [1.807, 2.05) is 0 Å². The van der Waals surface area contributed by atoms with Crippen LogP contribution in [0.15, 0.2) is 0 Å². The van der Waals surface area contributed by atoms with Crippen molar-refractivity contribution < 1.29 is 56.3 Å². The van der Waals surface area contributed by atoms with Crippen LogP contribution in [0.5, 0.6) is 0 Å². The fourth-order valence-corrected chi connectivity index (χ4v) is 6.59. The predicted octanol–water partition coefficient (Wildman–Crippen LogP) is 7.59. The molecule has 0 aliphatic heterocycles. The summed E-state index contributed by atoms with van der Waals surface area (Å²) in [6.45, 7) is 4.05. The maximum atomic E-state index is 12.5. The van der Waals surface area contributed by atoms with Gasteiger partial charge in [-0.3, -0.25) is 13.8 Å². The molecule has 0 radical (unpaired) electrons. The first-order valence-corrected chi connectivity index (χ1v) is 21.8. The molecule has 0 saturated heterocycles. The van der Waals surface area contributed by atoms with Crippen molar-refractivity contribution in [1.82, 2.24) is 10.6 Å². The Kier molecular flexibility index (Phi) is 40.6. The van der Waals surface area contributed by atoms with Crippen LogP contribution in [-0.4, -0.2) is 44.0 Å². The standard InChI is InChI=1S/C39H78N2O6S.Na/c1-3-5-7-9-11-13-15-17-19-21-23-25-27-29-31-33-38(42)40-35-37(36-47-48(44,45)46)41-39(43)34-32-30-28-26-24-22-20-18-16-14-12-10-8-6-4-2;/h37H,3-36H2,1-2H3,(H,40,42)(H,41,43)(H,44,45,46);/q;+1/p-1/t37-;/m1./s1. The first-order valence-electron chi connectivity index (χ1n) is 20.4. The summed E-state index contributed by atoms with van der Waals surface area (Å²) >= 11 is 0. The van der Waals surface area contributed by atoms with Crippen molar-refractivity contribution in [3.05, 3.63) is 0 Å². The summed E-state index contributed by atoms with van der Waals surface area (Å²) in [4.78, 5) is 24.8. The van der Waals surface area contributed by atoms with Crippen LogP contribution in [0.25, 0.3) is 0 Å². The van der Waals surface area contributed by atoms with Crippen molar-refractivity contribution in [2.24, 2.45) is 0 Å². The van der Waals surface area contributed by atoms with Crippen molar-refractivity contribution in [3.8, 4) is 0 Å². The molecule has 0 rings (SSSR count). The molecule has 0 unspecified atom stereocenters. The maximum absolute atomic E-state index is 12.5. The fourth-order valence-electron chi connectivity index (χ4n) is 6.26. The van der Waals surface area contributed by atoms with Crippen molar-refractivity contribution >= 4 is 22.2 Å². The molecule has 8 nitrogen and oxygen atoms in total. The summed E-state index contributed by atoms with van der Waals surface area (Å²) in [5.74, 6) is -0.366. The van der Waals surface area contributed by atoms with E-state index in [2.05, 4.69) is 28.7 Å². The Hall–Kier alpha value is -0.190. The third-order valence-corrected chi connectivity index (χ3v) is 9.76. The van der Waals surface area contributed by atoms with Gasteiger partial charge in [0.2, 0.25) is 22.2 Å². The average molecular weight is 725 g/mol. The Bertz CT molecular complexity index is 830. The molecular weight excluding hydrogens is 647 g/mol. The van der Waals surface area contributed by atoms with Gasteiger partial charge in [-0.25, -0.2) is 8.42 Å². The minimum Gasteiger partial charge on any atom is -0.726 e.